The van der Waals surface area contributed by atoms with Crippen LogP contribution < -0.4 is 5.32 Å². The highest BCUT2D eigenvalue weighted by molar-refractivity contribution is 5.79. The van der Waals surface area contributed by atoms with Crippen molar-refractivity contribution in [1.82, 2.24) is 5.32 Å². The van der Waals surface area contributed by atoms with Gasteiger partial charge in [0.1, 0.15) is 0 Å². The molecule has 2 aliphatic rings. The Morgan fingerprint density at radius 1 is 1.06 bits per heavy atom. The molecule has 2 fully saturated rings. The van der Waals surface area contributed by atoms with Gasteiger partial charge < -0.3 is 5.32 Å². The number of hydrogen-bond donors (Lipinski definition) is 1. The fourth-order valence-electron chi connectivity index (χ4n) is 3.06. The Morgan fingerprint density at radius 3 is 2.22 bits per heavy atom. The highest BCUT2D eigenvalue weighted by atomic mass is 16.1. The summed E-state index contributed by atoms with van der Waals surface area (Å²) in [6.07, 6.45) is 11.0. The molecule has 1 N–H and O–H groups in total. The summed E-state index contributed by atoms with van der Waals surface area (Å²) in [6.45, 7) is 6.52. The van der Waals surface area contributed by atoms with Crippen LogP contribution in [0.5, 0.6) is 0 Å². The second-order valence-corrected chi connectivity index (χ2v) is 6.17. The van der Waals surface area contributed by atoms with Crippen molar-refractivity contribution in [2.24, 2.45) is 11.8 Å². The molecule has 2 unspecified atom stereocenters. The normalized spacial score (nSPS) is 28.4. The summed E-state index contributed by atoms with van der Waals surface area (Å²) < 4.78 is 0. The maximum Gasteiger partial charge on any atom is 0.223 e. The van der Waals surface area contributed by atoms with E-state index >= 15 is 0 Å². The molecule has 2 nitrogen and oxygen atoms in total. The minimum absolute atomic E-state index is 0.314. The first-order valence-electron chi connectivity index (χ1n) is 7.97. The molecule has 1 amide bonds. The van der Waals surface area contributed by atoms with Crippen LogP contribution in [0.25, 0.3) is 0 Å². The van der Waals surface area contributed by atoms with Crippen molar-refractivity contribution in [3.8, 4) is 0 Å². The third-order valence-electron chi connectivity index (χ3n) is 4.01. The molecule has 2 saturated carbocycles. The summed E-state index contributed by atoms with van der Waals surface area (Å²) in [7, 11) is 0. The number of hydrogen-bond acceptors (Lipinski definition) is 1. The number of amides is 1. The van der Waals surface area contributed by atoms with E-state index in [1.54, 1.807) is 0 Å². The Balaban J connectivity index is 0.000000492. The fraction of sp³-hybridized carbons (Fsp3) is 0.938. The summed E-state index contributed by atoms with van der Waals surface area (Å²) in [4.78, 5) is 12.0. The summed E-state index contributed by atoms with van der Waals surface area (Å²) >= 11 is 0. The zero-order valence-electron chi connectivity index (χ0n) is 12.5. The van der Waals surface area contributed by atoms with E-state index in [-0.39, 0.29) is 0 Å². The van der Waals surface area contributed by atoms with E-state index in [1.807, 2.05) is 0 Å². The Morgan fingerprint density at radius 2 is 1.67 bits per heavy atom. The Hall–Kier alpha value is -0.530. The van der Waals surface area contributed by atoms with Crippen molar-refractivity contribution in [3.05, 3.63) is 0 Å². The van der Waals surface area contributed by atoms with Gasteiger partial charge in [-0.15, -0.1) is 0 Å². The lowest BCUT2D eigenvalue weighted by atomic mass is 9.82. The average Bonchev–Trinajstić information content (AvgIpc) is 2.83. The average molecular weight is 253 g/mol. The summed E-state index contributed by atoms with van der Waals surface area (Å²) in [5, 5.41) is 3.23. The number of rotatable bonds is 2. The van der Waals surface area contributed by atoms with Gasteiger partial charge in [-0.3, -0.25) is 4.79 Å². The lowest BCUT2D eigenvalue weighted by Gasteiger charge is -2.27. The molecule has 0 aromatic rings. The molecule has 0 aromatic heterocycles. The van der Waals surface area contributed by atoms with E-state index < -0.39 is 0 Å². The monoisotopic (exact) mass is 253 g/mol. The van der Waals surface area contributed by atoms with Crippen LogP contribution in [0.3, 0.4) is 0 Å². The van der Waals surface area contributed by atoms with Gasteiger partial charge in [0.25, 0.3) is 0 Å². The molecule has 2 aliphatic carbocycles. The molecule has 0 bridgehead atoms. The molecule has 2 atom stereocenters. The van der Waals surface area contributed by atoms with E-state index in [9.17, 15) is 4.79 Å². The number of nitrogens with one attached hydrogen (secondary N) is 1. The molecule has 0 aromatic carbocycles. The van der Waals surface area contributed by atoms with Gasteiger partial charge in [-0.25, -0.2) is 0 Å². The van der Waals surface area contributed by atoms with Gasteiger partial charge in [-0.1, -0.05) is 52.9 Å². The molecule has 0 aliphatic heterocycles. The van der Waals surface area contributed by atoms with Gasteiger partial charge in [-0.05, 0) is 31.6 Å². The zero-order valence-corrected chi connectivity index (χ0v) is 12.5. The molecule has 106 valence electrons. The number of carbonyl (C=O) groups is 1. The van der Waals surface area contributed by atoms with Crippen molar-refractivity contribution >= 4 is 5.91 Å². The molecule has 0 radical (unpaired) electrons. The van der Waals surface area contributed by atoms with Crippen molar-refractivity contribution in [3.63, 3.8) is 0 Å². The van der Waals surface area contributed by atoms with E-state index in [0.29, 0.717) is 17.9 Å². The van der Waals surface area contributed by atoms with Crippen LogP contribution in [-0.4, -0.2) is 11.9 Å². The van der Waals surface area contributed by atoms with Gasteiger partial charge in [0, 0.05) is 12.0 Å². The lowest BCUT2D eigenvalue weighted by molar-refractivity contribution is -0.127. The van der Waals surface area contributed by atoms with Crippen LogP contribution in [0, 0.1) is 11.8 Å². The molecule has 2 heteroatoms. The summed E-state index contributed by atoms with van der Waals surface area (Å²) in [5.41, 5.74) is 0. The Bertz CT molecular complexity index is 233. The van der Waals surface area contributed by atoms with Crippen molar-refractivity contribution < 1.29 is 4.79 Å². The zero-order chi connectivity index (χ0) is 13.4. The van der Waals surface area contributed by atoms with Crippen LogP contribution in [0.15, 0.2) is 0 Å². The Kier molecular flexibility index (Phi) is 7.38. The molecule has 0 saturated heterocycles. The van der Waals surface area contributed by atoms with Crippen LogP contribution in [0.4, 0.5) is 0 Å². The highest BCUT2D eigenvalue weighted by Gasteiger charge is 2.27. The lowest BCUT2D eigenvalue weighted by Crippen LogP contribution is -2.38. The largest absolute Gasteiger partial charge is 0.353 e. The molecule has 18 heavy (non-hydrogen) atoms. The van der Waals surface area contributed by atoms with E-state index in [1.165, 1.54) is 44.9 Å². The Labute approximate surface area is 113 Å². The fourth-order valence-corrected chi connectivity index (χ4v) is 3.06. The van der Waals surface area contributed by atoms with Crippen molar-refractivity contribution in [2.75, 3.05) is 0 Å². The first-order chi connectivity index (χ1) is 8.67. The van der Waals surface area contributed by atoms with E-state index in [0.717, 1.165) is 18.8 Å². The van der Waals surface area contributed by atoms with Gasteiger partial charge in [0.05, 0.1) is 0 Å². The SMILES string of the molecule is CC1CCCC(C(=O)NC2CCCC2)C1.CCC. The third kappa shape index (κ3) is 5.41. The summed E-state index contributed by atoms with van der Waals surface area (Å²) in [5.74, 6) is 1.40. The van der Waals surface area contributed by atoms with Crippen LogP contribution >= 0.6 is 0 Å². The topological polar surface area (TPSA) is 29.1 Å². The second-order valence-electron chi connectivity index (χ2n) is 6.17. The van der Waals surface area contributed by atoms with Crippen LogP contribution in [0.2, 0.25) is 0 Å². The predicted octanol–water partition coefficient (Wildman–Crippen LogP) is 4.29. The first-order valence-corrected chi connectivity index (χ1v) is 7.97. The van der Waals surface area contributed by atoms with Crippen LogP contribution in [-0.2, 0) is 4.79 Å². The third-order valence-corrected chi connectivity index (χ3v) is 4.01. The first kappa shape index (κ1) is 15.5. The summed E-state index contributed by atoms with van der Waals surface area (Å²) in [6, 6.07) is 0.495. The second kappa shape index (κ2) is 8.55. The highest BCUT2D eigenvalue weighted by Crippen LogP contribution is 2.29. The van der Waals surface area contributed by atoms with Crippen molar-refractivity contribution in [1.29, 1.82) is 0 Å². The smallest absolute Gasteiger partial charge is 0.223 e. The predicted molar refractivity (Wildman–Crippen MR) is 77.5 cm³/mol. The van der Waals surface area contributed by atoms with Crippen LogP contribution in [0.1, 0.15) is 78.6 Å². The quantitative estimate of drug-likeness (QED) is 0.781. The molecular formula is C16H31NO. The van der Waals surface area contributed by atoms with E-state index in [2.05, 4.69) is 26.1 Å². The van der Waals surface area contributed by atoms with Gasteiger partial charge >= 0.3 is 0 Å². The standard InChI is InChI=1S/C13H23NO.C3H8/c1-10-5-4-6-11(9-10)13(15)14-12-7-2-3-8-12;1-3-2/h10-12H,2-9H2,1H3,(H,14,15);3H2,1-2H3. The maximum atomic E-state index is 12.0. The van der Waals surface area contributed by atoms with Gasteiger partial charge in [-0.2, -0.15) is 0 Å². The van der Waals surface area contributed by atoms with E-state index in [4.69, 9.17) is 0 Å². The van der Waals surface area contributed by atoms with Crippen molar-refractivity contribution in [2.45, 2.75) is 84.6 Å². The number of carbonyl (C=O) groups excluding carboxylic acids is 1. The molecule has 0 heterocycles. The maximum absolute atomic E-state index is 12.0. The molecular weight excluding hydrogens is 222 g/mol. The molecule has 0 spiro atoms. The minimum Gasteiger partial charge on any atom is -0.353 e. The van der Waals surface area contributed by atoms with Gasteiger partial charge in [0.15, 0.2) is 0 Å². The molecule has 2 rings (SSSR count). The minimum atomic E-state index is 0.314. The van der Waals surface area contributed by atoms with Gasteiger partial charge in [0.2, 0.25) is 5.91 Å².